The lowest BCUT2D eigenvalue weighted by Gasteiger charge is -2.36. The normalized spacial score (nSPS) is 18.0. The van der Waals surface area contributed by atoms with Crippen molar-refractivity contribution in [1.82, 2.24) is 9.80 Å². The van der Waals surface area contributed by atoms with E-state index in [1.807, 2.05) is 29.2 Å². The van der Waals surface area contributed by atoms with E-state index in [1.165, 1.54) is 17.8 Å². The largest absolute Gasteiger partial charge is 0.446 e. The lowest BCUT2D eigenvalue weighted by Crippen LogP contribution is -2.47. The third-order valence-electron chi connectivity index (χ3n) is 6.49. The zero-order valence-electron chi connectivity index (χ0n) is 19.5. The van der Waals surface area contributed by atoms with Crippen molar-refractivity contribution in [2.75, 3.05) is 68.7 Å². The summed E-state index contributed by atoms with van der Waals surface area (Å²) in [5, 5.41) is 0.737. The molecule has 2 aliphatic rings. The topological polar surface area (TPSA) is 30.0 Å². The molecule has 2 heterocycles. The molecule has 0 aliphatic carbocycles. The number of carbonyl (C=O) groups is 1. The fourth-order valence-corrected chi connectivity index (χ4v) is 5.24. The highest BCUT2D eigenvalue weighted by molar-refractivity contribution is 8.00. The van der Waals surface area contributed by atoms with Gasteiger partial charge < -0.3 is 14.7 Å². The Morgan fingerprint density at radius 1 is 0.800 bits per heavy atom. The zero-order chi connectivity index (χ0) is 24.8. The van der Waals surface area contributed by atoms with Crippen molar-refractivity contribution < 1.29 is 18.0 Å². The summed E-state index contributed by atoms with van der Waals surface area (Å²) in [6, 6.07) is 14.4. The Hall–Kier alpha value is -2.10. The van der Waals surface area contributed by atoms with Gasteiger partial charge in [0.1, 0.15) is 0 Å². The predicted octanol–water partition coefficient (Wildman–Crippen LogP) is 5.20. The molecule has 0 saturated carbocycles. The van der Waals surface area contributed by atoms with E-state index < -0.39 is 5.51 Å². The van der Waals surface area contributed by atoms with Gasteiger partial charge in [0.15, 0.2) is 0 Å². The molecule has 0 atom stereocenters. The van der Waals surface area contributed by atoms with Crippen molar-refractivity contribution in [3.63, 3.8) is 0 Å². The summed E-state index contributed by atoms with van der Waals surface area (Å²) in [4.78, 5) is 21.8. The van der Waals surface area contributed by atoms with Crippen LogP contribution in [-0.4, -0.2) is 80.1 Å². The van der Waals surface area contributed by atoms with E-state index >= 15 is 0 Å². The van der Waals surface area contributed by atoms with Crippen LogP contribution >= 0.6 is 23.4 Å². The summed E-state index contributed by atoms with van der Waals surface area (Å²) in [5.74, 6) is 0.170. The Morgan fingerprint density at radius 2 is 1.37 bits per heavy atom. The predicted molar refractivity (Wildman–Crippen MR) is 136 cm³/mol. The Bertz CT molecular complexity index is 966. The van der Waals surface area contributed by atoms with Gasteiger partial charge in [0.05, 0.1) is 0 Å². The van der Waals surface area contributed by atoms with Crippen molar-refractivity contribution in [3.8, 4) is 0 Å². The van der Waals surface area contributed by atoms with Crippen LogP contribution in [-0.2, 0) is 4.79 Å². The van der Waals surface area contributed by atoms with Crippen LogP contribution in [0.15, 0.2) is 53.4 Å². The third kappa shape index (κ3) is 7.69. The van der Waals surface area contributed by atoms with Gasteiger partial charge in [0.2, 0.25) is 5.91 Å². The van der Waals surface area contributed by atoms with E-state index in [2.05, 4.69) is 14.7 Å². The summed E-state index contributed by atoms with van der Waals surface area (Å²) in [5.41, 5.74) is -2.22. The number of amides is 1. The number of hydrogen-bond acceptors (Lipinski definition) is 5. The first-order chi connectivity index (χ1) is 16.8. The molecule has 0 spiro atoms. The lowest BCUT2D eigenvalue weighted by molar-refractivity contribution is -0.131. The van der Waals surface area contributed by atoms with Crippen LogP contribution in [0.25, 0.3) is 0 Å². The number of halogens is 4. The SMILES string of the molecule is O=C(CCN1CCN(c2ccc(Cl)cc2)CC1)N1CCCN(c2ccc(SC(F)(F)F)cc2)CC1. The van der Waals surface area contributed by atoms with Crippen LogP contribution < -0.4 is 9.80 Å². The minimum absolute atomic E-state index is 0.102. The molecule has 190 valence electrons. The van der Waals surface area contributed by atoms with Crippen LogP contribution in [0.2, 0.25) is 5.02 Å². The Balaban J connectivity index is 1.20. The molecule has 1 amide bonds. The minimum Gasteiger partial charge on any atom is -0.370 e. The Morgan fingerprint density at radius 3 is 2.00 bits per heavy atom. The molecule has 0 radical (unpaired) electrons. The second kappa shape index (κ2) is 11.8. The van der Waals surface area contributed by atoms with Gasteiger partial charge in [0.25, 0.3) is 0 Å². The number of nitrogens with zero attached hydrogens (tertiary/aromatic N) is 4. The van der Waals surface area contributed by atoms with Gasteiger partial charge in [-0.15, -0.1) is 0 Å². The van der Waals surface area contributed by atoms with Gasteiger partial charge in [-0.1, -0.05) is 11.6 Å². The average molecular weight is 527 g/mol. The van der Waals surface area contributed by atoms with E-state index in [0.717, 1.165) is 56.4 Å². The van der Waals surface area contributed by atoms with Crippen molar-refractivity contribution in [3.05, 3.63) is 53.6 Å². The van der Waals surface area contributed by atoms with Crippen LogP contribution in [0.5, 0.6) is 0 Å². The van der Waals surface area contributed by atoms with E-state index in [0.29, 0.717) is 26.1 Å². The number of rotatable bonds is 6. The van der Waals surface area contributed by atoms with E-state index in [9.17, 15) is 18.0 Å². The Labute approximate surface area is 213 Å². The lowest BCUT2D eigenvalue weighted by atomic mass is 10.2. The summed E-state index contributed by atoms with van der Waals surface area (Å²) >= 11 is 5.88. The second-order valence-electron chi connectivity index (χ2n) is 8.82. The summed E-state index contributed by atoms with van der Waals surface area (Å²) in [6.45, 7) is 7.25. The van der Waals surface area contributed by atoms with Gasteiger partial charge in [0, 0.05) is 86.6 Å². The molecule has 0 aromatic heterocycles. The summed E-state index contributed by atoms with van der Waals surface area (Å²) < 4.78 is 37.7. The number of piperazine rings is 1. The maximum Gasteiger partial charge on any atom is 0.446 e. The molecule has 0 bridgehead atoms. The van der Waals surface area contributed by atoms with Crippen molar-refractivity contribution >= 4 is 40.6 Å². The zero-order valence-corrected chi connectivity index (χ0v) is 21.1. The molecule has 2 aromatic rings. The maximum absolute atomic E-state index is 12.9. The quantitative estimate of drug-likeness (QED) is 0.483. The molecule has 0 N–H and O–H groups in total. The monoisotopic (exact) mass is 526 g/mol. The maximum atomic E-state index is 12.9. The molecular weight excluding hydrogens is 497 g/mol. The van der Waals surface area contributed by atoms with Crippen LogP contribution in [0, 0.1) is 0 Å². The van der Waals surface area contributed by atoms with Gasteiger partial charge in [-0.3, -0.25) is 9.69 Å². The number of benzene rings is 2. The number of alkyl halides is 3. The van der Waals surface area contributed by atoms with Crippen molar-refractivity contribution in [2.24, 2.45) is 0 Å². The smallest absolute Gasteiger partial charge is 0.370 e. The van der Waals surface area contributed by atoms with E-state index in [4.69, 9.17) is 11.6 Å². The Kier molecular flexibility index (Phi) is 8.73. The van der Waals surface area contributed by atoms with Gasteiger partial charge in [-0.2, -0.15) is 13.2 Å². The molecule has 2 aromatic carbocycles. The van der Waals surface area contributed by atoms with Crippen molar-refractivity contribution in [1.29, 1.82) is 0 Å². The number of anilines is 2. The number of thioether (sulfide) groups is 1. The fraction of sp³-hybridized carbons (Fsp3) is 0.480. The van der Waals surface area contributed by atoms with E-state index in [1.54, 1.807) is 12.1 Å². The molecular formula is C25H30ClF3N4OS. The molecule has 2 fully saturated rings. The van der Waals surface area contributed by atoms with Crippen LogP contribution in [0.1, 0.15) is 12.8 Å². The average Bonchev–Trinajstić information content (AvgIpc) is 3.09. The van der Waals surface area contributed by atoms with E-state index in [-0.39, 0.29) is 22.6 Å². The highest BCUT2D eigenvalue weighted by atomic mass is 35.5. The molecule has 4 rings (SSSR count). The minimum atomic E-state index is -4.28. The van der Waals surface area contributed by atoms with Crippen LogP contribution in [0.4, 0.5) is 24.5 Å². The number of carbonyl (C=O) groups excluding carboxylic acids is 1. The molecule has 35 heavy (non-hydrogen) atoms. The van der Waals surface area contributed by atoms with Gasteiger partial charge in [-0.25, -0.2) is 0 Å². The standard InChI is InChI=1S/C25H30ClF3N4OS/c26-20-2-4-21(5-3-20)32-16-14-30(15-17-32)13-10-24(34)33-12-1-11-31(18-19-33)22-6-8-23(9-7-22)35-25(27,28)29/h2-9H,1,10-19H2. The first-order valence-corrected chi connectivity index (χ1v) is 13.1. The molecule has 2 saturated heterocycles. The first kappa shape index (κ1) is 26.0. The second-order valence-corrected chi connectivity index (χ2v) is 10.4. The molecule has 0 unspecified atom stereocenters. The number of hydrogen-bond donors (Lipinski definition) is 0. The fourth-order valence-electron chi connectivity index (χ4n) is 4.58. The van der Waals surface area contributed by atoms with Crippen LogP contribution in [0.3, 0.4) is 0 Å². The summed E-state index contributed by atoms with van der Waals surface area (Å²) in [6.07, 6.45) is 1.34. The first-order valence-electron chi connectivity index (χ1n) is 11.9. The highest BCUT2D eigenvalue weighted by Crippen LogP contribution is 2.37. The van der Waals surface area contributed by atoms with Gasteiger partial charge in [-0.05, 0) is 66.7 Å². The van der Waals surface area contributed by atoms with Crippen molar-refractivity contribution in [2.45, 2.75) is 23.2 Å². The molecule has 10 heteroatoms. The third-order valence-corrected chi connectivity index (χ3v) is 7.48. The molecule has 5 nitrogen and oxygen atoms in total. The summed E-state index contributed by atoms with van der Waals surface area (Å²) in [7, 11) is 0. The molecule has 2 aliphatic heterocycles. The highest BCUT2D eigenvalue weighted by Gasteiger charge is 2.29. The van der Waals surface area contributed by atoms with Gasteiger partial charge >= 0.3 is 5.51 Å².